The monoisotopic (exact) mass is 392 g/mol. The number of hydrogen-bond acceptors (Lipinski definition) is 9. The summed E-state index contributed by atoms with van der Waals surface area (Å²) in [5.41, 5.74) is -3.62. The molecule has 0 unspecified atom stereocenters. The summed E-state index contributed by atoms with van der Waals surface area (Å²) in [6.45, 7) is -0.466. The normalized spacial score (nSPS) is 11.7. The van der Waals surface area contributed by atoms with E-state index < -0.39 is 34.1 Å². The molecule has 148 valence electrons. The topological polar surface area (TPSA) is 182 Å². The van der Waals surface area contributed by atoms with Crippen molar-refractivity contribution in [2.24, 2.45) is 31.4 Å². The van der Waals surface area contributed by atoms with E-state index in [4.69, 9.17) is 0 Å². The molecule has 0 bridgehead atoms. The summed E-state index contributed by atoms with van der Waals surface area (Å²) >= 11 is 0. The van der Waals surface area contributed by atoms with Gasteiger partial charge >= 0.3 is 11.4 Å². The maximum atomic E-state index is 12.2. The standard InChI is InChI=1S/C14H16N8O6/c1-19-8-7(9(24)16-13(19)27)22(4-5-23)12(15-8)18-17-6-10(25)20(2)14(28)21(3)11(6)26/h23,25H,4-5H2,1-3H3,(H,16,24,27). The van der Waals surface area contributed by atoms with E-state index in [-0.39, 0.29) is 30.3 Å². The Hall–Kier alpha value is -3.81. The summed E-state index contributed by atoms with van der Waals surface area (Å²) in [5.74, 6) is -0.891. The third-order valence-electron chi connectivity index (χ3n) is 4.16. The maximum Gasteiger partial charge on any atom is 0.333 e. The zero-order chi connectivity index (χ0) is 20.7. The van der Waals surface area contributed by atoms with Gasteiger partial charge in [0.2, 0.25) is 11.6 Å². The van der Waals surface area contributed by atoms with Crippen molar-refractivity contribution in [1.82, 2.24) is 28.2 Å². The molecule has 0 aliphatic rings. The molecule has 0 saturated heterocycles. The maximum absolute atomic E-state index is 12.2. The van der Waals surface area contributed by atoms with Crippen LogP contribution in [0, 0.1) is 0 Å². The van der Waals surface area contributed by atoms with E-state index in [0.29, 0.717) is 0 Å². The number of aromatic amines is 1. The van der Waals surface area contributed by atoms with E-state index in [9.17, 15) is 29.4 Å². The van der Waals surface area contributed by atoms with E-state index in [1.54, 1.807) is 0 Å². The van der Waals surface area contributed by atoms with Crippen LogP contribution in [0.2, 0.25) is 0 Å². The van der Waals surface area contributed by atoms with E-state index >= 15 is 0 Å². The Balaban J connectivity index is 2.28. The van der Waals surface area contributed by atoms with Crippen molar-refractivity contribution in [3.63, 3.8) is 0 Å². The van der Waals surface area contributed by atoms with Gasteiger partial charge in [0, 0.05) is 27.7 Å². The molecule has 0 saturated carbocycles. The van der Waals surface area contributed by atoms with E-state index in [1.807, 2.05) is 0 Å². The Morgan fingerprint density at radius 1 is 1.04 bits per heavy atom. The molecule has 3 aromatic rings. The van der Waals surface area contributed by atoms with Gasteiger partial charge in [-0.2, -0.15) is 4.98 Å². The van der Waals surface area contributed by atoms with Crippen LogP contribution in [-0.2, 0) is 27.7 Å². The van der Waals surface area contributed by atoms with E-state index in [0.717, 1.165) is 13.7 Å². The first-order valence-electron chi connectivity index (χ1n) is 7.90. The zero-order valence-corrected chi connectivity index (χ0v) is 15.1. The van der Waals surface area contributed by atoms with Crippen molar-refractivity contribution < 1.29 is 10.2 Å². The first-order valence-corrected chi connectivity index (χ1v) is 7.90. The highest BCUT2D eigenvalue weighted by molar-refractivity contribution is 5.73. The molecule has 0 aliphatic carbocycles. The second-order valence-corrected chi connectivity index (χ2v) is 5.86. The molecule has 0 radical (unpaired) electrons. The minimum atomic E-state index is -0.889. The molecular weight excluding hydrogens is 376 g/mol. The smallest absolute Gasteiger partial charge is 0.333 e. The first-order chi connectivity index (χ1) is 13.2. The van der Waals surface area contributed by atoms with Gasteiger partial charge in [0.25, 0.3) is 17.1 Å². The Labute approximate surface area is 154 Å². The number of rotatable bonds is 4. The van der Waals surface area contributed by atoms with E-state index in [1.165, 1.54) is 25.7 Å². The summed E-state index contributed by atoms with van der Waals surface area (Å²) in [5, 5.41) is 26.8. The van der Waals surface area contributed by atoms with Crippen LogP contribution in [-0.4, -0.2) is 45.1 Å². The number of aromatic hydroxyl groups is 1. The molecule has 28 heavy (non-hydrogen) atoms. The number of fused-ring (bicyclic) bond motifs is 1. The number of nitrogens with one attached hydrogen (secondary N) is 1. The number of aryl methyl sites for hydroxylation is 1. The van der Waals surface area contributed by atoms with Crippen molar-refractivity contribution in [1.29, 1.82) is 0 Å². The van der Waals surface area contributed by atoms with Crippen LogP contribution < -0.4 is 22.5 Å². The predicted molar refractivity (Wildman–Crippen MR) is 95.4 cm³/mol. The number of aliphatic hydroxyl groups is 1. The summed E-state index contributed by atoms with van der Waals surface area (Å²) in [4.78, 5) is 54.1. The fraction of sp³-hybridized carbons (Fsp3) is 0.357. The van der Waals surface area contributed by atoms with Crippen LogP contribution in [0.3, 0.4) is 0 Å². The van der Waals surface area contributed by atoms with Crippen LogP contribution in [0.15, 0.2) is 29.4 Å². The largest absolute Gasteiger partial charge is 0.493 e. The molecule has 0 aromatic carbocycles. The van der Waals surface area contributed by atoms with Crippen LogP contribution >= 0.6 is 0 Å². The molecule has 0 fully saturated rings. The van der Waals surface area contributed by atoms with Crippen molar-refractivity contribution in [2.45, 2.75) is 6.54 Å². The lowest BCUT2D eigenvalue weighted by molar-refractivity contribution is 0.278. The van der Waals surface area contributed by atoms with Gasteiger partial charge in [-0.3, -0.25) is 32.8 Å². The van der Waals surface area contributed by atoms with Crippen LogP contribution in [0.4, 0.5) is 11.6 Å². The molecule has 0 atom stereocenters. The SMILES string of the molecule is Cn1c(O)c(N=Nc2nc3c(c(=O)[nH]c(=O)n3C)n2CCO)c(=O)n(C)c1=O. The van der Waals surface area contributed by atoms with Gasteiger partial charge in [-0.25, -0.2) is 9.59 Å². The number of nitrogens with zero attached hydrogens (tertiary/aromatic N) is 7. The van der Waals surface area contributed by atoms with Gasteiger partial charge < -0.3 is 10.2 Å². The highest BCUT2D eigenvalue weighted by Gasteiger charge is 2.18. The van der Waals surface area contributed by atoms with Gasteiger partial charge in [-0.05, 0) is 0 Å². The molecule has 3 rings (SSSR count). The molecule has 0 aliphatic heterocycles. The average Bonchev–Trinajstić information content (AvgIpc) is 3.02. The molecule has 3 N–H and O–H groups in total. The number of aliphatic hydroxyl groups excluding tert-OH is 1. The van der Waals surface area contributed by atoms with Crippen molar-refractivity contribution >= 4 is 22.8 Å². The van der Waals surface area contributed by atoms with Crippen LogP contribution in [0.1, 0.15) is 0 Å². The minimum Gasteiger partial charge on any atom is -0.493 e. The molecule has 14 nitrogen and oxygen atoms in total. The summed E-state index contributed by atoms with van der Waals surface area (Å²) in [6, 6.07) is 0. The lowest BCUT2D eigenvalue weighted by atomic mass is 10.5. The van der Waals surface area contributed by atoms with Gasteiger partial charge in [-0.15, -0.1) is 10.2 Å². The molecule has 14 heteroatoms. The summed E-state index contributed by atoms with van der Waals surface area (Å²) in [7, 11) is 3.83. The number of aromatic nitrogens is 6. The highest BCUT2D eigenvalue weighted by Crippen LogP contribution is 2.23. The predicted octanol–water partition coefficient (Wildman–Crippen LogP) is -2.07. The van der Waals surface area contributed by atoms with E-state index in [2.05, 4.69) is 20.2 Å². The fourth-order valence-corrected chi connectivity index (χ4v) is 2.61. The molecule has 0 spiro atoms. The van der Waals surface area contributed by atoms with Gasteiger partial charge in [-0.1, -0.05) is 0 Å². The third-order valence-corrected chi connectivity index (χ3v) is 4.16. The highest BCUT2D eigenvalue weighted by atomic mass is 16.3. The second-order valence-electron chi connectivity index (χ2n) is 5.86. The number of H-pyrrole nitrogens is 1. The third kappa shape index (κ3) is 2.75. The summed E-state index contributed by atoms with van der Waals surface area (Å²) in [6.07, 6.45) is 0. The number of azo groups is 1. The zero-order valence-electron chi connectivity index (χ0n) is 15.1. The Bertz CT molecular complexity index is 1350. The summed E-state index contributed by atoms with van der Waals surface area (Å²) < 4.78 is 3.83. The lowest BCUT2D eigenvalue weighted by Crippen LogP contribution is -2.36. The second kappa shape index (κ2) is 6.73. The van der Waals surface area contributed by atoms with Crippen LogP contribution in [0.25, 0.3) is 11.2 Å². The van der Waals surface area contributed by atoms with Crippen molar-refractivity contribution in [2.75, 3.05) is 6.61 Å². The van der Waals surface area contributed by atoms with Gasteiger partial charge in [0.15, 0.2) is 11.2 Å². The quantitative estimate of drug-likeness (QED) is 0.426. The van der Waals surface area contributed by atoms with Gasteiger partial charge in [0.1, 0.15) is 0 Å². The molecule has 3 aromatic heterocycles. The fourth-order valence-electron chi connectivity index (χ4n) is 2.61. The Morgan fingerprint density at radius 3 is 2.36 bits per heavy atom. The Morgan fingerprint density at radius 2 is 1.71 bits per heavy atom. The first kappa shape index (κ1) is 19.0. The molecule has 0 amide bonds. The minimum absolute atomic E-state index is 0.00580. The van der Waals surface area contributed by atoms with Gasteiger partial charge in [0.05, 0.1) is 6.61 Å². The van der Waals surface area contributed by atoms with Crippen molar-refractivity contribution in [3.05, 3.63) is 41.7 Å². The molecule has 3 heterocycles. The van der Waals surface area contributed by atoms with Crippen molar-refractivity contribution in [3.8, 4) is 5.88 Å². The number of hydrogen-bond donors (Lipinski definition) is 3. The average molecular weight is 392 g/mol. The lowest BCUT2D eigenvalue weighted by Gasteiger charge is -2.06. The van der Waals surface area contributed by atoms with Crippen LogP contribution in [0.5, 0.6) is 5.88 Å². The molecular formula is C14H16N8O6. The number of imidazole rings is 1. The Kier molecular flexibility index (Phi) is 4.56.